The van der Waals surface area contributed by atoms with Gasteiger partial charge in [0.1, 0.15) is 0 Å². The van der Waals surface area contributed by atoms with Gasteiger partial charge in [-0.2, -0.15) is 25.9 Å². The molecular weight excluding hydrogens is 269 g/mol. The van der Waals surface area contributed by atoms with Crippen molar-refractivity contribution in [1.29, 1.82) is 0 Å². The minimum atomic E-state index is -5.99. The van der Waals surface area contributed by atoms with E-state index in [1.54, 1.807) is 0 Å². The normalized spacial score (nSPS) is 12.8. The molecule has 0 heterocycles. The van der Waals surface area contributed by atoms with Gasteiger partial charge in [0.25, 0.3) is 0 Å². The van der Waals surface area contributed by atoms with Crippen molar-refractivity contribution in [3.8, 4) is 0 Å². The molecule has 0 saturated heterocycles. The van der Waals surface area contributed by atoms with Crippen LogP contribution in [-0.4, -0.2) is 32.3 Å². The Hall–Kier alpha value is -1.83. The van der Waals surface area contributed by atoms with Crippen LogP contribution in [0, 0.1) is 6.57 Å². The topological polar surface area (TPSA) is 86.4 Å². The van der Waals surface area contributed by atoms with Crippen LogP contribution in [0.4, 0.5) is 13.2 Å². The summed E-state index contributed by atoms with van der Waals surface area (Å²) in [6.45, 7) is 7.57. The van der Waals surface area contributed by atoms with E-state index in [9.17, 15) is 26.4 Å². The van der Waals surface area contributed by atoms with E-state index in [1.165, 1.54) is 6.92 Å². The average Bonchev–Trinajstić information content (AvgIpc) is 2.17. The number of ether oxygens (including phenoxy) is 1. The number of rotatable bonds is 3. The Kier molecular flexibility index (Phi) is 4.89. The van der Waals surface area contributed by atoms with Crippen LogP contribution in [0.25, 0.3) is 4.85 Å². The molecule has 96 valence electrons. The number of nitrogens with zero attached hydrogens (tertiary/aromatic N) is 2. The van der Waals surface area contributed by atoms with Crippen LogP contribution in [0.15, 0.2) is 5.16 Å². The number of carbonyl (C=O) groups excluding carboxylic acids is 1. The smallest absolute Gasteiger partial charge is 0.470 e. The standard InChI is InChI=1S/C6H5F3N2O5S/c1-3-15-5(12)4(10-2)11-16-17(13,14)6(7,8)9/h3H2,1H3/b11-4-. The van der Waals surface area contributed by atoms with E-state index in [0.29, 0.717) is 0 Å². The molecular formula is C6H5F3N2O5S. The molecule has 0 saturated carbocycles. The van der Waals surface area contributed by atoms with Gasteiger partial charge >= 0.3 is 27.4 Å². The quantitative estimate of drug-likeness (QED) is 0.188. The van der Waals surface area contributed by atoms with Crippen molar-refractivity contribution < 1.29 is 35.4 Å². The van der Waals surface area contributed by atoms with Crippen molar-refractivity contribution in [2.45, 2.75) is 12.4 Å². The van der Waals surface area contributed by atoms with E-state index in [4.69, 9.17) is 6.57 Å². The third-order valence-corrected chi connectivity index (χ3v) is 1.91. The van der Waals surface area contributed by atoms with E-state index in [0.717, 1.165) is 0 Å². The van der Waals surface area contributed by atoms with Crippen LogP contribution in [0.2, 0.25) is 0 Å². The highest BCUT2D eigenvalue weighted by molar-refractivity contribution is 7.87. The Balaban J connectivity index is 4.95. The number of halogens is 3. The molecule has 0 rings (SSSR count). The highest BCUT2D eigenvalue weighted by atomic mass is 32.2. The molecule has 17 heavy (non-hydrogen) atoms. The van der Waals surface area contributed by atoms with Gasteiger partial charge in [0.15, 0.2) is 0 Å². The van der Waals surface area contributed by atoms with Crippen molar-refractivity contribution in [1.82, 2.24) is 0 Å². The fourth-order valence-electron chi connectivity index (χ4n) is 0.426. The summed E-state index contributed by atoms with van der Waals surface area (Å²) in [7, 11) is -5.99. The fourth-order valence-corrected chi connectivity index (χ4v) is 0.679. The van der Waals surface area contributed by atoms with E-state index in [1.807, 2.05) is 0 Å². The van der Waals surface area contributed by atoms with Crippen LogP contribution < -0.4 is 0 Å². The lowest BCUT2D eigenvalue weighted by Crippen LogP contribution is -2.25. The second-order valence-corrected chi connectivity index (χ2v) is 3.74. The molecule has 0 atom stereocenters. The first-order valence-electron chi connectivity index (χ1n) is 3.78. The lowest BCUT2D eigenvalue weighted by molar-refractivity contribution is -0.135. The van der Waals surface area contributed by atoms with Crippen LogP contribution in [0.1, 0.15) is 6.92 Å². The molecule has 0 bridgehead atoms. The summed E-state index contributed by atoms with van der Waals surface area (Å²) < 4.78 is 63.3. The molecule has 0 aliphatic heterocycles. The van der Waals surface area contributed by atoms with Gasteiger partial charge in [-0.3, -0.25) is 4.79 Å². The van der Waals surface area contributed by atoms with Gasteiger partial charge in [-0.1, -0.05) is 6.57 Å². The molecule has 0 aliphatic carbocycles. The second kappa shape index (κ2) is 5.48. The Morgan fingerprint density at radius 1 is 1.47 bits per heavy atom. The highest BCUT2D eigenvalue weighted by Crippen LogP contribution is 2.24. The number of esters is 1. The van der Waals surface area contributed by atoms with E-state index < -0.39 is 27.4 Å². The molecule has 0 aromatic rings. The molecule has 11 heteroatoms. The van der Waals surface area contributed by atoms with Crippen LogP contribution in [-0.2, 0) is 23.9 Å². The average molecular weight is 274 g/mol. The Morgan fingerprint density at radius 3 is 2.35 bits per heavy atom. The molecule has 0 spiro atoms. The first-order chi connectivity index (χ1) is 7.65. The second-order valence-electron chi connectivity index (χ2n) is 2.22. The molecule has 7 nitrogen and oxygen atoms in total. The number of hydrogen-bond donors (Lipinski definition) is 0. The summed E-state index contributed by atoms with van der Waals surface area (Å²) >= 11 is 0. The largest absolute Gasteiger partial charge is 0.538 e. The summed E-state index contributed by atoms with van der Waals surface area (Å²) in [6, 6.07) is 0. The third-order valence-electron chi connectivity index (χ3n) is 1.07. The highest BCUT2D eigenvalue weighted by Gasteiger charge is 2.50. The third kappa shape index (κ3) is 4.27. The first-order valence-corrected chi connectivity index (χ1v) is 5.19. The molecule has 0 aliphatic rings. The van der Waals surface area contributed by atoms with Crippen LogP contribution >= 0.6 is 0 Å². The zero-order valence-corrected chi connectivity index (χ0v) is 9.00. The maximum atomic E-state index is 11.8. The van der Waals surface area contributed by atoms with Crippen LogP contribution in [0.3, 0.4) is 0 Å². The van der Waals surface area contributed by atoms with E-state index in [2.05, 4.69) is 19.0 Å². The van der Waals surface area contributed by atoms with Gasteiger partial charge in [0.2, 0.25) is 0 Å². The molecule has 0 aromatic carbocycles. The van der Waals surface area contributed by atoms with Gasteiger partial charge in [0.05, 0.1) is 11.8 Å². The summed E-state index contributed by atoms with van der Waals surface area (Å²) in [4.78, 5) is 13.2. The molecule has 0 unspecified atom stereocenters. The van der Waals surface area contributed by atoms with E-state index in [-0.39, 0.29) is 6.61 Å². The zero-order valence-electron chi connectivity index (χ0n) is 8.18. The number of alkyl halides is 3. The van der Waals surface area contributed by atoms with E-state index >= 15 is 0 Å². The Morgan fingerprint density at radius 2 is 2.00 bits per heavy atom. The Bertz CT molecular complexity index is 461. The molecule has 0 aromatic heterocycles. The first kappa shape index (κ1) is 15.2. The van der Waals surface area contributed by atoms with Crippen molar-refractivity contribution in [2.75, 3.05) is 6.61 Å². The SMILES string of the molecule is [C-]#[N+]/C(=N\OS(=O)(=O)C(F)(F)F)C(=O)OCC. The predicted octanol–water partition coefficient (Wildman–Crippen LogP) is 0.648. The molecule has 0 N–H and O–H groups in total. The minimum Gasteiger partial charge on any atom is -0.470 e. The van der Waals surface area contributed by atoms with Gasteiger partial charge in [0, 0.05) is 0 Å². The zero-order chi connectivity index (χ0) is 13.7. The maximum absolute atomic E-state index is 11.8. The fraction of sp³-hybridized carbons (Fsp3) is 0.500. The molecule has 0 amide bonds. The monoisotopic (exact) mass is 274 g/mol. The van der Waals surface area contributed by atoms with Gasteiger partial charge in [-0.25, -0.2) is 0 Å². The summed E-state index contributed by atoms with van der Waals surface area (Å²) in [6.07, 6.45) is 0. The lowest BCUT2D eigenvalue weighted by Gasteiger charge is -2.02. The number of hydrogen-bond acceptors (Lipinski definition) is 6. The number of oxime groups is 1. The van der Waals surface area contributed by atoms with Gasteiger partial charge < -0.3 is 9.58 Å². The maximum Gasteiger partial charge on any atom is 0.538 e. The summed E-state index contributed by atoms with van der Waals surface area (Å²) in [5.41, 5.74) is -5.70. The number of carbonyl (C=O) groups is 1. The van der Waals surface area contributed by atoms with Crippen LogP contribution in [0.5, 0.6) is 0 Å². The summed E-state index contributed by atoms with van der Waals surface area (Å²) in [5.74, 6) is -2.65. The summed E-state index contributed by atoms with van der Waals surface area (Å²) in [5, 5.41) is 2.28. The van der Waals surface area contributed by atoms with Crippen molar-refractivity contribution in [3.05, 3.63) is 11.4 Å². The van der Waals surface area contributed by atoms with Gasteiger partial charge in [-0.05, 0) is 6.92 Å². The van der Waals surface area contributed by atoms with Gasteiger partial charge in [-0.15, -0.1) is 0 Å². The lowest BCUT2D eigenvalue weighted by atomic mass is 10.6. The Labute approximate surface area is 93.7 Å². The predicted molar refractivity (Wildman–Crippen MR) is 46.7 cm³/mol. The minimum absolute atomic E-state index is 0.167. The van der Waals surface area contributed by atoms with Crippen molar-refractivity contribution >= 4 is 21.9 Å². The van der Waals surface area contributed by atoms with Crippen molar-refractivity contribution in [2.24, 2.45) is 5.16 Å². The van der Waals surface area contributed by atoms with Crippen molar-refractivity contribution in [3.63, 3.8) is 0 Å². The number of amidine groups is 1. The molecule has 0 fully saturated rings. The molecule has 0 radical (unpaired) electrons.